The molecule has 3 rings (SSSR count). The van der Waals surface area contributed by atoms with Crippen LogP contribution in [0.15, 0.2) is 29.2 Å². The predicted octanol–water partition coefficient (Wildman–Crippen LogP) is 3.74. The van der Waals surface area contributed by atoms with Gasteiger partial charge in [0.2, 0.25) is 5.91 Å². The summed E-state index contributed by atoms with van der Waals surface area (Å²) in [5, 5.41) is 3.94. The second-order valence-electron chi connectivity index (χ2n) is 5.59. The van der Waals surface area contributed by atoms with Crippen LogP contribution in [0.5, 0.6) is 0 Å². The Labute approximate surface area is 123 Å². The van der Waals surface area contributed by atoms with Crippen molar-refractivity contribution in [3.8, 4) is 0 Å². The molecule has 1 amide bonds. The topological polar surface area (TPSA) is 29.1 Å². The van der Waals surface area contributed by atoms with Gasteiger partial charge in [-0.15, -0.1) is 11.8 Å². The molecular weight excluding hydrogens is 278 g/mol. The lowest BCUT2D eigenvalue weighted by molar-refractivity contribution is -0.119. The van der Waals surface area contributed by atoms with Crippen LogP contribution in [0.2, 0.25) is 5.02 Å². The van der Waals surface area contributed by atoms with Crippen molar-refractivity contribution < 1.29 is 4.79 Å². The second kappa shape index (κ2) is 5.76. The first-order chi connectivity index (χ1) is 9.20. The van der Waals surface area contributed by atoms with Crippen LogP contribution >= 0.6 is 23.4 Å². The molecule has 2 aliphatic rings. The number of nitrogens with one attached hydrogen (secondary N) is 1. The van der Waals surface area contributed by atoms with Gasteiger partial charge in [0.05, 0.1) is 5.75 Å². The van der Waals surface area contributed by atoms with Gasteiger partial charge >= 0.3 is 0 Å². The van der Waals surface area contributed by atoms with E-state index in [1.807, 2.05) is 24.3 Å². The first-order valence-electron chi connectivity index (χ1n) is 6.88. The third-order valence-electron chi connectivity index (χ3n) is 4.27. The Morgan fingerprint density at radius 3 is 2.68 bits per heavy atom. The van der Waals surface area contributed by atoms with Gasteiger partial charge in [0, 0.05) is 16.0 Å². The van der Waals surface area contributed by atoms with E-state index >= 15 is 0 Å². The molecule has 2 nitrogen and oxygen atoms in total. The van der Waals surface area contributed by atoms with Gasteiger partial charge in [-0.1, -0.05) is 18.0 Å². The van der Waals surface area contributed by atoms with Crippen molar-refractivity contribution in [1.82, 2.24) is 5.32 Å². The molecule has 0 heterocycles. The summed E-state index contributed by atoms with van der Waals surface area (Å²) in [4.78, 5) is 13.0. The van der Waals surface area contributed by atoms with E-state index in [0.717, 1.165) is 21.8 Å². The minimum absolute atomic E-state index is 0.164. The van der Waals surface area contributed by atoms with Crippen molar-refractivity contribution in [2.24, 2.45) is 11.8 Å². The number of carbonyl (C=O) groups excluding carboxylic acids is 1. The number of halogens is 1. The lowest BCUT2D eigenvalue weighted by Gasteiger charge is -2.22. The van der Waals surface area contributed by atoms with Crippen molar-refractivity contribution in [3.05, 3.63) is 29.3 Å². The Hall–Kier alpha value is -0.670. The molecule has 2 fully saturated rings. The first kappa shape index (κ1) is 13.3. The van der Waals surface area contributed by atoms with Gasteiger partial charge in [0.25, 0.3) is 0 Å². The maximum Gasteiger partial charge on any atom is 0.230 e. The molecule has 0 radical (unpaired) electrons. The zero-order valence-electron chi connectivity index (χ0n) is 10.8. The van der Waals surface area contributed by atoms with E-state index in [1.165, 1.54) is 25.7 Å². The maximum absolute atomic E-state index is 12.0. The fourth-order valence-corrected chi connectivity index (χ4v) is 4.19. The molecule has 0 unspecified atom stereocenters. The lowest BCUT2D eigenvalue weighted by atomic mass is 9.95. The quantitative estimate of drug-likeness (QED) is 0.858. The lowest BCUT2D eigenvalue weighted by Crippen LogP contribution is -2.39. The maximum atomic E-state index is 12.0. The van der Waals surface area contributed by atoms with Crippen LogP contribution in [0.25, 0.3) is 0 Å². The van der Waals surface area contributed by atoms with Crippen LogP contribution in [-0.4, -0.2) is 17.7 Å². The summed E-state index contributed by atoms with van der Waals surface area (Å²) in [6, 6.07) is 8.07. The van der Waals surface area contributed by atoms with Crippen LogP contribution < -0.4 is 5.32 Å². The third-order valence-corrected chi connectivity index (χ3v) is 5.53. The van der Waals surface area contributed by atoms with Gasteiger partial charge < -0.3 is 5.32 Å². The molecule has 1 N–H and O–H groups in total. The fraction of sp³-hybridized carbons (Fsp3) is 0.533. The molecule has 2 saturated carbocycles. The molecule has 19 heavy (non-hydrogen) atoms. The van der Waals surface area contributed by atoms with E-state index < -0.39 is 0 Å². The number of hydrogen-bond donors (Lipinski definition) is 1. The molecule has 0 aromatic heterocycles. The Balaban J connectivity index is 1.45. The van der Waals surface area contributed by atoms with E-state index in [4.69, 9.17) is 11.6 Å². The number of amides is 1. The summed E-state index contributed by atoms with van der Waals surface area (Å²) >= 11 is 7.41. The van der Waals surface area contributed by atoms with Gasteiger partial charge in [-0.3, -0.25) is 4.79 Å². The van der Waals surface area contributed by atoms with Crippen molar-refractivity contribution in [1.29, 1.82) is 0 Å². The minimum Gasteiger partial charge on any atom is -0.352 e. The molecule has 1 aromatic carbocycles. The van der Waals surface area contributed by atoms with Gasteiger partial charge in [0.1, 0.15) is 0 Å². The summed E-state index contributed by atoms with van der Waals surface area (Å²) in [6.07, 6.45) is 5.20. The number of thioether (sulfide) groups is 1. The van der Waals surface area contributed by atoms with Gasteiger partial charge in [0.15, 0.2) is 0 Å². The molecule has 0 aliphatic heterocycles. The van der Waals surface area contributed by atoms with Crippen LogP contribution in [0.4, 0.5) is 0 Å². The number of benzene rings is 1. The van der Waals surface area contributed by atoms with Gasteiger partial charge in [-0.05, 0) is 55.4 Å². The van der Waals surface area contributed by atoms with Gasteiger partial charge in [-0.25, -0.2) is 0 Å². The largest absolute Gasteiger partial charge is 0.352 e. The number of hydrogen-bond acceptors (Lipinski definition) is 2. The van der Waals surface area contributed by atoms with Crippen LogP contribution in [0.3, 0.4) is 0 Å². The highest BCUT2D eigenvalue weighted by Crippen LogP contribution is 2.44. The van der Waals surface area contributed by atoms with Crippen molar-refractivity contribution >= 4 is 29.3 Å². The van der Waals surface area contributed by atoms with Crippen LogP contribution in [-0.2, 0) is 4.79 Å². The van der Waals surface area contributed by atoms with Gasteiger partial charge in [-0.2, -0.15) is 0 Å². The minimum atomic E-state index is 0.164. The molecule has 3 atom stereocenters. The van der Waals surface area contributed by atoms with E-state index in [0.29, 0.717) is 11.8 Å². The monoisotopic (exact) mass is 295 g/mol. The standard InChI is InChI=1S/C15H18ClNOS/c16-12-3-5-13(6-4-12)19-9-15(18)17-14-8-10-1-2-11(14)7-10/h3-6,10-11,14H,1-2,7-9H2,(H,17,18)/t10-,11-,14+/m1/s1. The van der Waals surface area contributed by atoms with Crippen LogP contribution in [0, 0.1) is 11.8 Å². The molecule has 102 valence electrons. The highest BCUT2D eigenvalue weighted by Gasteiger charge is 2.39. The molecule has 4 heteroatoms. The normalized spacial score (nSPS) is 28.6. The van der Waals surface area contributed by atoms with E-state index in [2.05, 4.69) is 5.32 Å². The highest BCUT2D eigenvalue weighted by molar-refractivity contribution is 8.00. The molecule has 0 saturated heterocycles. The molecular formula is C15H18ClNOS. The molecule has 2 bridgehead atoms. The van der Waals surface area contributed by atoms with Crippen molar-refractivity contribution in [2.75, 3.05) is 5.75 Å². The summed E-state index contributed by atoms with van der Waals surface area (Å²) in [5.74, 6) is 2.28. The SMILES string of the molecule is O=C(CSc1ccc(Cl)cc1)N[C@H]1C[C@@H]2CC[C@@H]1C2. The Morgan fingerprint density at radius 2 is 2.05 bits per heavy atom. The Bertz CT molecular complexity index is 462. The Morgan fingerprint density at radius 1 is 1.26 bits per heavy atom. The van der Waals surface area contributed by atoms with Crippen molar-refractivity contribution in [2.45, 2.75) is 36.6 Å². The van der Waals surface area contributed by atoms with E-state index in [1.54, 1.807) is 11.8 Å². The first-order valence-corrected chi connectivity index (χ1v) is 8.25. The zero-order valence-corrected chi connectivity index (χ0v) is 12.3. The Kier molecular flexibility index (Phi) is 4.04. The average Bonchev–Trinajstić information content (AvgIpc) is 3.00. The van der Waals surface area contributed by atoms with Crippen molar-refractivity contribution in [3.63, 3.8) is 0 Å². The fourth-order valence-electron chi connectivity index (χ4n) is 3.35. The summed E-state index contributed by atoms with van der Waals surface area (Å²) in [7, 11) is 0. The van der Waals surface area contributed by atoms with E-state index in [9.17, 15) is 4.79 Å². The average molecular weight is 296 g/mol. The molecule has 1 aromatic rings. The summed E-state index contributed by atoms with van der Waals surface area (Å²) in [5.41, 5.74) is 0. The number of rotatable bonds is 4. The van der Waals surface area contributed by atoms with Crippen LogP contribution in [0.1, 0.15) is 25.7 Å². The summed E-state index contributed by atoms with van der Waals surface area (Å²) in [6.45, 7) is 0. The van der Waals surface area contributed by atoms with E-state index in [-0.39, 0.29) is 5.91 Å². The second-order valence-corrected chi connectivity index (χ2v) is 7.08. The summed E-state index contributed by atoms with van der Waals surface area (Å²) < 4.78 is 0. The highest BCUT2D eigenvalue weighted by atomic mass is 35.5. The molecule has 2 aliphatic carbocycles. The number of fused-ring (bicyclic) bond motifs is 2. The predicted molar refractivity (Wildman–Crippen MR) is 79.6 cm³/mol. The third kappa shape index (κ3) is 3.26. The number of carbonyl (C=O) groups is 1. The molecule has 0 spiro atoms. The smallest absolute Gasteiger partial charge is 0.230 e. The zero-order chi connectivity index (χ0) is 13.2.